The molecule has 0 spiro atoms. The summed E-state index contributed by atoms with van der Waals surface area (Å²) in [6, 6.07) is 8.97. The fourth-order valence-corrected chi connectivity index (χ4v) is 3.30. The normalized spacial score (nSPS) is 19.4. The van der Waals surface area contributed by atoms with Crippen molar-refractivity contribution in [3.8, 4) is 0 Å². The van der Waals surface area contributed by atoms with Gasteiger partial charge in [-0.2, -0.15) is 0 Å². The lowest BCUT2D eigenvalue weighted by Gasteiger charge is -2.23. The fourth-order valence-electron chi connectivity index (χ4n) is 3.30. The van der Waals surface area contributed by atoms with Crippen LogP contribution in [0.4, 0.5) is 10.5 Å². The molecule has 0 bridgehead atoms. The highest BCUT2D eigenvalue weighted by Gasteiger charge is 2.32. The second kappa shape index (κ2) is 6.82. The third-order valence-corrected chi connectivity index (χ3v) is 4.80. The van der Waals surface area contributed by atoms with E-state index < -0.39 is 0 Å². The number of rotatable bonds is 4. The van der Waals surface area contributed by atoms with Gasteiger partial charge < -0.3 is 20.1 Å². The maximum atomic E-state index is 12.9. The second-order valence-corrected chi connectivity index (χ2v) is 6.97. The molecule has 136 valence electrons. The summed E-state index contributed by atoms with van der Waals surface area (Å²) in [5, 5.41) is 9.73. The molecule has 1 aliphatic heterocycles. The van der Waals surface area contributed by atoms with Gasteiger partial charge in [0.2, 0.25) is 0 Å². The number of likely N-dealkylation sites (tertiary alicyclic amines) is 1. The number of carbonyl (C=O) groups is 2. The first kappa shape index (κ1) is 16.6. The van der Waals surface area contributed by atoms with E-state index in [9.17, 15) is 9.59 Å². The number of benzene rings is 1. The molecule has 2 aromatic rings. The molecule has 4 rings (SSSR count). The first-order valence-corrected chi connectivity index (χ1v) is 9.02. The van der Waals surface area contributed by atoms with Gasteiger partial charge in [0.05, 0.1) is 6.04 Å². The summed E-state index contributed by atoms with van der Waals surface area (Å²) in [4.78, 5) is 26.5. The van der Waals surface area contributed by atoms with Gasteiger partial charge in [-0.3, -0.25) is 4.79 Å². The maximum absolute atomic E-state index is 12.9. The average Bonchev–Trinajstić information content (AvgIpc) is 3.13. The van der Waals surface area contributed by atoms with Gasteiger partial charge in [0.15, 0.2) is 0 Å². The summed E-state index contributed by atoms with van der Waals surface area (Å²) in [6.45, 7) is 2.56. The van der Waals surface area contributed by atoms with Crippen LogP contribution in [0.15, 0.2) is 34.9 Å². The van der Waals surface area contributed by atoms with E-state index in [1.54, 1.807) is 24.3 Å². The average molecular weight is 354 g/mol. The van der Waals surface area contributed by atoms with Crippen LogP contribution in [0.1, 0.15) is 53.5 Å². The molecule has 1 aliphatic carbocycles. The lowest BCUT2D eigenvalue weighted by Crippen LogP contribution is -2.31. The lowest BCUT2D eigenvalue weighted by molar-refractivity contribution is 0.0731. The van der Waals surface area contributed by atoms with Gasteiger partial charge in [-0.05, 0) is 56.9 Å². The zero-order chi connectivity index (χ0) is 18.1. The molecule has 7 heteroatoms. The van der Waals surface area contributed by atoms with Crippen molar-refractivity contribution < 1.29 is 14.1 Å². The highest BCUT2D eigenvalue weighted by Crippen LogP contribution is 2.32. The van der Waals surface area contributed by atoms with E-state index in [0.717, 1.165) is 37.1 Å². The SMILES string of the molecule is Cc1cc([C@H]2CCCN2C(=O)c2ccc(NC(=O)NC3CC3)cc2)no1. The van der Waals surface area contributed by atoms with Crippen LogP contribution in [-0.2, 0) is 0 Å². The smallest absolute Gasteiger partial charge is 0.319 e. The molecule has 0 unspecified atom stereocenters. The Labute approximate surface area is 151 Å². The quantitative estimate of drug-likeness (QED) is 0.882. The topological polar surface area (TPSA) is 87.5 Å². The minimum absolute atomic E-state index is 0.0258. The van der Waals surface area contributed by atoms with Crippen molar-refractivity contribution in [2.24, 2.45) is 0 Å². The molecule has 1 aromatic carbocycles. The molecular formula is C19H22N4O3. The van der Waals surface area contributed by atoms with Gasteiger partial charge >= 0.3 is 6.03 Å². The highest BCUT2D eigenvalue weighted by molar-refractivity contribution is 5.96. The standard InChI is InChI=1S/C19H22N4O3/c1-12-11-16(22-26-12)17-3-2-10-23(17)18(24)13-4-6-14(7-5-13)20-19(25)21-15-8-9-15/h4-7,11,15,17H,2-3,8-10H2,1H3,(H2,20,21,25)/t17-/m1/s1. The summed E-state index contributed by atoms with van der Waals surface area (Å²) < 4.78 is 5.16. The number of aryl methyl sites for hydroxylation is 1. The molecule has 26 heavy (non-hydrogen) atoms. The largest absolute Gasteiger partial charge is 0.361 e. The van der Waals surface area contributed by atoms with Crippen LogP contribution in [0.2, 0.25) is 0 Å². The van der Waals surface area contributed by atoms with Gasteiger partial charge in [0.25, 0.3) is 5.91 Å². The van der Waals surface area contributed by atoms with Crippen molar-refractivity contribution >= 4 is 17.6 Å². The molecule has 3 amide bonds. The van der Waals surface area contributed by atoms with Crippen molar-refractivity contribution in [2.75, 3.05) is 11.9 Å². The van der Waals surface area contributed by atoms with Crippen molar-refractivity contribution in [2.45, 2.75) is 44.7 Å². The van der Waals surface area contributed by atoms with Gasteiger partial charge in [-0.25, -0.2) is 4.79 Å². The molecule has 1 saturated carbocycles. The predicted octanol–water partition coefficient (Wildman–Crippen LogP) is 3.24. The Kier molecular flexibility index (Phi) is 4.36. The van der Waals surface area contributed by atoms with E-state index in [0.29, 0.717) is 23.8 Å². The fraction of sp³-hybridized carbons (Fsp3) is 0.421. The summed E-state index contributed by atoms with van der Waals surface area (Å²) >= 11 is 0. The number of carbonyl (C=O) groups excluding carboxylic acids is 2. The van der Waals surface area contributed by atoms with Crippen LogP contribution in [0.3, 0.4) is 0 Å². The molecule has 2 aliphatic rings. The maximum Gasteiger partial charge on any atom is 0.319 e. The molecule has 7 nitrogen and oxygen atoms in total. The Morgan fingerprint density at radius 1 is 1.19 bits per heavy atom. The molecule has 0 radical (unpaired) electrons. The van der Waals surface area contributed by atoms with E-state index in [2.05, 4.69) is 15.8 Å². The Morgan fingerprint density at radius 2 is 1.96 bits per heavy atom. The van der Waals surface area contributed by atoms with E-state index >= 15 is 0 Å². The van der Waals surface area contributed by atoms with E-state index in [1.165, 1.54) is 0 Å². The summed E-state index contributed by atoms with van der Waals surface area (Å²) in [6.07, 6.45) is 3.92. The highest BCUT2D eigenvalue weighted by atomic mass is 16.5. The lowest BCUT2D eigenvalue weighted by atomic mass is 10.1. The first-order chi connectivity index (χ1) is 12.6. The number of hydrogen-bond donors (Lipinski definition) is 2. The molecule has 2 N–H and O–H groups in total. The van der Waals surface area contributed by atoms with E-state index in [4.69, 9.17) is 4.52 Å². The Hall–Kier alpha value is -2.83. The Morgan fingerprint density at radius 3 is 2.62 bits per heavy atom. The van der Waals surface area contributed by atoms with Gasteiger partial charge in [-0.15, -0.1) is 0 Å². The first-order valence-electron chi connectivity index (χ1n) is 9.02. The van der Waals surface area contributed by atoms with Crippen molar-refractivity contribution in [1.29, 1.82) is 0 Å². The molecular weight excluding hydrogens is 332 g/mol. The number of nitrogens with zero attached hydrogens (tertiary/aromatic N) is 2. The van der Waals surface area contributed by atoms with E-state index in [1.807, 2.05) is 17.9 Å². The number of hydrogen-bond acceptors (Lipinski definition) is 4. The number of nitrogens with one attached hydrogen (secondary N) is 2. The van der Waals surface area contributed by atoms with Crippen LogP contribution in [0, 0.1) is 6.92 Å². The predicted molar refractivity (Wildman–Crippen MR) is 95.9 cm³/mol. The van der Waals surface area contributed by atoms with Crippen molar-refractivity contribution in [1.82, 2.24) is 15.4 Å². The molecule has 2 fully saturated rings. The van der Waals surface area contributed by atoms with Crippen LogP contribution < -0.4 is 10.6 Å². The zero-order valence-corrected chi connectivity index (χ0v) is 14.7. The number of aromatic nitrogens is 1. The molecule has 1 aromatic heterocycles. The molecule has 2 heterocycles. The zero-order valence-electron chi connectivity index (χ0n) is 14.7. The molecule has 1 atom stereocenters. The van der Waals surface area contributed by atoms with Crippen LogP contribution >= 0.6 is 0 Å². The Bertz CT molecular complexity index is 810. The van der Waals surface area contributed by atoms with Gasteiger partial charge in [0.1, 0.15) is 11.5 Å². The Balaban J connectivity index is 1.42. The van der Waals surface area contributed by atoms with Gasteiger partial charge in [-0.1, -0.05) is 5.16 Å². The van der Waals surface area contributed by atoms with Crippen LogP contribution in [0.5, 0.6) is 0 Å². The number of anilines is 1. The van der Waals surface area contributed by atoms with Crippen molar-refractivity contribution in [3.05, 3.63) is 47.3 Å². The van der Waals surface area contributed by atoms with E-state index in [-0.39, 0.29) is 18.0 Å². The minimum Gasteiger partial charge on any atom is -0.361 e. The summed E-state index contributed by atoms with van der Waals surface area (Å²) in [5.74, 6) is 0.723. The van der Waals surface area contributed by atoms with Gasteiger partial charge in [0, 0.05) is 29.9 Å². The van der Waals surface area contributed by atoms with Crippen molar-refractivity contribution in [3.63, 3.8) is 0 Å². The monoisotopic (exact) mass is 354 g/mol. The summed E-state index contributed by atoms with van der Waals surface area (Å²) in [5.41, 5.74) is 2.08. The molecule has 1 saturated heterocycles. The second-order valence-electron chi connectivity index (χ2n) is 6.97. The summed E-state index contributed by atoms with van der Waals surface area (Å²) in [7, 11) is 0. The third kappa shape index (κ3) is 3.56. The number of urea groups is 1. The number of amides is 3. The van der Waals surface area contributed by atoms with Crippen LogP contribution in [0.25, 0.3) is 0 Å². The van der Waals surface area contributed by atoms with Crippen LogP contribution in [-0.4, -0.2) is 34.6 Å². The third-order valence-electron chi connectivity index (χ3n) is 4.80. The minimum atomic E-state index is -0.201.